The van der Waals surface area contributed by atoms with Gasteiger partial charge < -0.3 is 15.7 Å². The Kier molecular flexibility index (Phi) is 3.51. The van der Waals surface area contributed by atoms with Crippen LogP contribution in [0.5, 0.6) is 0 Å². The molecule has 3 rings (SSSR count). The third kappa shape index (κ3) is 2.45. The van der Waals surface area contributed by atoms with E-state index in [-0.39, 0.29) is 17.9 Å². The standard InChI is InChI=1S/C16H20N4O/c1-10(21)11-6-7-20(9-11)15-12-4-2-3-5-14(12)19-8-13(15)16(17)18/h2-5,8,10-11,21H,6-7,9H2,1H3,(H3,17,18). The number of aliphatic hydroxyl groups is 1. The molecule has 0 radical (unpaired) electrons. The number of nitrogens with two attached hydrogens (primary N) is 1. The Labute approximate surface area is 123 Å². The van der Waals surface area contributed by atoms with Gasteiger partial charge in [-0.15, -0.1) is 0 Å². The van der Waals surface area contributed by atoms with Crippen LogP contribution in [0.15, 0.2) is 30.5 Å². The van der Waals surface area contributed by atoms with E-state index in [4.69, 9.17) is 11.1 Å². The summed E-state index contributed by atoms with van der Waals surface area (Å²) < 4.78 is 0. The lowest BCUT2D eigenvalue weighted by molar-refractivity contribution is 0.136. The van der Waals surface area contributed by atoms with Crippen LogP contribution >= 0.6 is 0 Å². The summed E-state index contributed by atoms with van der Waals surface area (Å²) in [4.78, 5) is 6.61. The summed E-state index contributed by atoms with van der Waals surface area (Å²) in [5.74, 6) is 0.292. The number of para-hydroxylation sites is 1. The van der Waals surface area contributed by atoms with E-state index in [1.54, 1.807) is 6.20 Å². The van der Waals surface area contributed by atoms with Gasteiger partial charge in [0.05, 0.1) is 22.9 Å². The average molecular weight is 284 g/mol. The molecule has 2 unspecified atom stereocenters. The molecule has 0 saturated carbocycles. The Bertz CT molecular complexity index is 683. The number of anilines is 1. The Balaban J connectivity index is 2.11. The maximum Gasteiger partial charge on any atom is 0.126 e. The van der Waals surface area contributed by atoms with Crippen molar-refractivity contribution in [2.24, 2.45) is 11.7 Å². The van der Waals surface area contributed by atoms with Gasteiger partial charge in [-0.25, -0.2) is 0 Å². The smallest absolute Gasteiger partial charge is 0.126 e. The highest BCUT2D eigenvalue weighted by Gasteiger charge is 2.29. The Morgan fingerprint density at radius 3 is 2.90 bits per heavy atom. The number of amidine groups is 1. The van der Waals surface area contributed by atoms with Gasteiger partial charge in [0.25, 0.3) is 0 Å². The predicted molar refractivity (Wildman–Crippen MR) is 84.8 cm³/mol. The largest absolute Gasteiger partial charge is 0.393 e. The molecule has 110 valence electrons. The van der Waals surface area contributed by atoms with Gasteiger partial charge in [0.15, 0.2) is 0 Å². The first-order valence-electron chi connectivity index (χ1n) is 7.23. The van der Waals surface area contributed by atoms with Crippen LogP contribution < -0.4 is 10.6 Å². The summed E-state index contributed by atoms with van der Waals surface area (Å²) in [6.07, 6.45) is 2.31. The van der Waals surface area contributed by atoms with Crippen LogP contribution in [0.1, 0.15) is 18.9 Å². The lowest BCUT2D eigenvalue weighted by Crippen LogP contribution is -2.27. The molecule has 5 heteroatoms. The molecule has 21 heavy (non-hydrogen) atoms. The summed E-state index contributed by atoms with van der Waals surface area (Å²) in [5.41, 5.74) is 8.27. The molecule has 0 aliphatic carbocycles. The zero-order valence-corrected chi connectivity index (χ0v) is 12.1. The number of hydrogen-bond acceptors (Lipinski definition) is 4. The molecule has 0 spiro atoms. The highest BCUT2D eigenvalue weighted by molar-refractivity contribution is 6.07. The van der Waals surface area contributed by atoms with Gasteiger partial charge in [-0.2, -0.15) is 0 Å². The zero-order valence-electron chi connectivity index (χ0n) is 12.1. The van der Waals surface area contributed by atoms with Crippen molar-refractivity contribution >= 4 is 22.4 Å². The van der Waals surface area contributed by atoms with Crippen molar-refractivity contribution in [3.8, 4) is 0 Å². The minimum absolute atomic E-state index is 0.0312. The lowest BCUT2D eigenvalue weighted by Gasteiger charge is -2.24. The minimum atomic E-state index is -0.316. The number of benzene rings is 1. The van der Waals surface area contributed by atoms with Crippen molar-refractivity contribution in [2.75, 3.05) is 18.0 Å². The molecule has 1 aliphatic rings. The molecular weight excluding hydrogens is 264 g/mol. The quantitative estimate of drug-likeness (QED) is 0.592. The number of nitrogens with one attached hydrogen (secondary N) is 1. The van der Waals surface area contributed by atoms with Gasteiger partial charge in [0.1, 0.15) is 5.84 Å². The van der Waals surface area contributed by atoms with Crippen molar-refractivity contribution in [2.45, 2.75) is 19.4 Å². The van der Waals surface area contributed by atoms with E-state index >= 15 is 0 Å². The number of hydrogen-bond donors (Lipinski definition) is 3. The molecule has 2 atom stereocenters. The third-order valence-electron chi connectivity index (χ3n) is 4.26. The van der Waals surface area contributed by atoms with Crippen LogP contribution in [-0.4, -0.2) is 35.1 Å². The van der Waals surface area contributed by atoms with Crippen molar-refractivity contribution in [1.29, 1.82) is 5.41 Å². The average Bonchev–Trinajstić information content (AvgIpc) is 2.95. The monoisotopic (exact) mass is 284 g/mol. The highest BCUT2D eigenvalue weighted by atomic mass is 16.3. The third-order valence-corrected chi connectivity index (χ3v) is 4.26. The maximum atomic E-state index is 9.80. The lowest BCUT2D eigenvalue weighted by atomic mass is 10.0. The molecule has 1 saturated heterocycles. The fourth-order valence-corrected chi connectivity index (χ4v) is 3.05. The van der Waals surface area contributed by atoms with Crippen LogP contribution in [0.25, 0.3) is 10.9 Å². The molecule has 0 bridgehead atoms. The molecule has 1 aliphatic heterocycles. The summed E-state index contributed by atoms with van der Waals surface area (Å²) in [7, 11) is 0. The molecule has 5 nitrogen and oxygen atoms in total. The first kappa shape index (κ1) is 13.8. The SMILES string of the molecule is CC(O)C1CCN(c2c(C(=N)N)cnc3ccccc23)C1. The zero-order chi connectivity index (χ0) is 15.0. The molecular formula is C16H20N4O. The van der Waals surface area contributed by atoms with Gasteiger partial charge >= 0.3 is 0 Å². The topological polar surface area (TPSA) is 86.2 Å². The van der Waals surface area contributed by atoms with E-state index in [9.17, 15) is 5.11 Å². The van der Waals surface area contributed by atoms with Crippen molar-refractivity contribution in [3.05, 3.63) is 36.0 Å². The number of nitrogen functional groups attached to an aromatic ring is 1. The fourth-order valence-electron chi connectivity index (χ4n) is 3.05. The molecule has 2 heterocycles. The van der Waals surface area contributed by atoms with Gasteiger partial charge in [-0.3, -0.25) is 10.4 Å². The summed E-state index contributed by atoms with van der Waals surface area (Å²) in [5, 5.41) is 18.6. The van der Waals surface area contributed by atoms with Crippen LogP contribution in [-0.2, 0) is 0 Å². The molecule has 1 fully saturated rings. The molecule has 2 aromatic rings. The highest BCUT2D eigenvalue weighted by Crippen LogP contribution is 2.33. The number of fused-ring (bicyclic) bond motifs is 1. The van der Waals surface area contributed by atoms with Crippen molar-refractivity contribution in [3.63, 3.8) is 0 Å². The van der Waals surface area contributed by atoms with E-state index in [1.807, 2.05) is 31.2 Å². The molecule has 0 amide bonds. The summed E-state index contributed by atoms with van der Waals surface area (Å²) in [6, 6.07) is 7.90. The summed E-state index contributed by atoms with van der Waals surface area (Å²) >= 11 is 0. The van der Waals surface area contributed by atoms with Crippen LogP contribution in [0, 0.1) is 11.3 Å². The van der Waals surface area contributed by atoms with Gasteiger partial charge in [-0.1, -0.05) is 18.2 Å². The Morgan fingerprint density at radius 2 is 2.24 bits per heavy atom. The van der Waals surface area contributed by atoms with E-state index in [1.165, 1.54) is 0 Å². The number of nitrogens with zero attached hydrogens (tertiary/aromatic N) is 2. The Hall–Kier alpha value is -2.14. The number of aliphatic hydroxyl groups excluding tert-OH is 1. The van der Waals surface area contributed by atoms with E-state index in [0.717, 1.165) is 36.1 Å². The van der Waals surface area contributed by atoms with Gasteiger partial charge in [0, 0.05) is 30.6 Å². The van der Waals surface area contributed by atoms with Crippen molar-refractivity contribution < 1.29 is 5.11 Å². The van der Waals surface area contributed by atoms with Crippen molar-refractivity contribution in [1.82, 2.24) is 4.98 Å². The van der Waals surface area contributed by atoms with Crippen LogP contribution in [0.3, 0.4) is 0 Å². The molecule has 1 aromatic carbocycles. The second-order valence-electron chi connectivity index (χ2n) is 5.69. The van der Waals surface area contributed by atoms with E-state index in [0.29, 0.717) is 5.56 Å². The molecule has 1 aromatic heterocycles. The second kappa shape index (κ2) is 5.33. The fraction of sp³-hybridized carbons (Fsp3) is 0.375. The number of aromatic nitrogens is 1. The van der Waals surface area contributed by atoms with Gasteiger partial charge in [-0.05, 0) is 19.4 Å². The van der Waals surface area contributed by atoms with E-state index < -0.39 is 0 Å². The number of rotatable bonds is 3. The first-order chi connectivity index (χ1) is 10.1. The number of pyridine rings is 1. The van der Waals surface area contributed by atoms with Crippen LogP contribution in [0.4, 0.5) is 5.69 Å². The normalized spacial score (nSPS) is 19.9. The maximum absolute atomic E-state index is 9.80. The first-order valence-corrected chi connectivity index (χ1v) is 7.23. The van der Waals surface area contributed by atoms with Gasteiger partial charge in [0.2, 0.25) is 0 Å². The Morgan fingerprint density at radius 1 is 1.48 bits per heavy atom. The predicted octanol–water partition coefficient (Wildman–Crippen LogP) is 1.73. The summed E-state index contributed by atoms with van der Waals surface area (Å²) in [6.45, 7) is 3.49. The second-order valence-corrected chi connectivity index (χ2v) is 5.69. The molecule has 4 N–H and O–H groups in total. The van der Waals surface area contributed by atoms with Crippen LogP contribution in [0.2, 0.25) is 0 Å². The van der Waals surface area contributed by atoms with E-state index in [2.05, 4.69) is 9.88 Å². The minimum Gasteiger partial charge on any atom is -0.393 e.